The van der Waals surface area contributed by atoms with Crippen LogP contribution in [0.5, 0.6) is 0 Å². The van der Waals surface area contributed by atoms with Crippen LogP contribution in [0.25, 0.3) is 11.2 Å². The molecule has 9 nitrogen and oxygen atoms in total. The largest absolute Gasteiger partial charge is 0.359 e. The molecule has 9 heteroatoms. The minimum atomic E-state index is -0.0903. The number of hydrogen-bond donors (Lipinski definition) is 2. The van der Waals surface area contributed by atoms with Gasteiger partial charge in [-0.15, -0.1) is 0 Å². The van der Waals surface area contributed by atoms with Crippen molar-refractivity contribution in [3.63, 3.8) is 0 Å². The summed E-state index contributed by atoms with van der Waals surface area (Å²) < 4.78 is 1.85. The minimum Gasteiger partial charge on any atom is -0.359 e. The van der Waals surface area contributed by atoms with Crippen molar-refractivity contribution in [2.45, 2.75) is 52.0 Å². The van der Waals surface area contributed by atoms with Crippen molar-refractivity contribution in [2.75, 3.05) is 24.5 Å². The molecule has 1 aliphatic rings. The normalized spacial score (nSPS) is 15.2. The predicted molar refractivity (Wildman–Crippen MR) is 124 cm³/mol. The standard InChI is InChI=1S/C23H31N7O2/c1-23(2,9-11-24-16-31)8-5-17-14-20(27-15-26-17)29-12-6-18(7-13-29)30-19-4-3-10-25-21(19)28-22(30)32/h3-4,10,14-16,18H,5-9,11-13H2,1-2H3,(H,24,31)(H,25,28,32). The molecule has 3 aromatic rings. The van der Waals surface area contributed by atoms with E-state index in [0.717, 1.165) is 68.6 Å². The van der Waals surface area contributed by atoms with E-state index in [1.54, 1.807) is 12.5 Å². The predicted octanol–water partition coefficient (Wildman–Crippen LogP) is 2.45. The number of carbonyl (C=O) groups excluding carboxylic acids is 1. The molecule has 1 saturated heterocycles. The Morgan fingerprint density at radius 3 is 2.81 bits per heavy atom. The van der Waals surface area contributed by atoms with E-state index in [9.17, 15) is 9.59 Å². The Morgan fingerprint density at radius 2 is 2.03 bits per heavy atom. The summed E-state index contributed by atoms with van der Waals surface area (Å²) >= 11 is 0. The van der Waals surface area contributed by atoms with Gasteiger partial charge in [-0.1, -0.05) is 13.8 Å². The van der Waals surface area contributed by atoms with Crippen LogP contribution in [0.1, 0.15) is 51.3 Å². The molecule has 4 rings (SSSR count). The van der Waals surface area contributed by atoms with Crippen molar-refractivity contribution >= 4 is 23.4 Å². The Morgan fingerprint density at radius 1 is 1.22 bits per heavy atom. The molecule has 32 heavy (non-hydrogen) atoms. The number of aromatic amines is 1. The zero-order valence-electron chi connectivity index (χ0n) is 18.8. The number of pyridine rings is 1. The summed E-state index contributed by atoms with van der Waals surface area (Å²) in [5.41, 5.74) is 2.58. The third kappa shape index (κ3) is 4.98. The fourth-order valence-electron chi connectivity index (χ4n) is 4.43. The highest BCUT2D eigenvalue weighted by Gasteiger charge is 2.25. The SMILES string of the molecule is CC(C)(CCNC=O)CCc1cc(N2CCC(n3c(=O)[nH]c4ncccc43)CC2)ncn1. The van der Waals surface area contributed by atoms with Crippen molar-refractivity contribution in [2.24, 2.45) is 5.41 Å². The number of amides is 1. The monoisotopic (exact) mass is 437 g/mol. The van der Waals surface area contributed by atoms with Crippen molar-refractivity contribution in [3.8, 4) is 0 Å². The molecule has 1 aliphatic heterocycles. The molecule has 0 aliphatic carbocycles. The quantitative estimate of drug-likeness (QED) is 0.393. The van der Waals surface area contributed by atoms with E-state index < -0.39 is 0 Å². The molecule has 0 spiro atoms. The van der Waals surface area contributed by atoms with Gasteiger partial charge in [-0.25, -0.2) is 19.7 Å². The van der Waals surface area contributed by atoms with E-state index in [1.165, 1.54) is 0 Å². The molecule has 0 bridgehead atoms. The summed E-state index contributed by atoms with van der Waals surface area (Å²) in [7, 11) is 0. The Labute approximate surface area is 187 Å². The molecule has 4 heterocycles. The number of anilines is 1. The highest BCUT2D eigenvalue weighted by molar-refractivity contribution is 5.70. The fraction of sp³-hybridized carbons (Fsp3) is 0.522. The highest BCUT2D eigenvalue weighted by Crippen LogP contribution is 2.29. The van der Waals surface area contributed by atoms with Gasteiger partial charge in [0.25, 0.3) is 0 Å². The number of hydrogen-bond acceptors (Lipinski definition) is 6. The molecule has 3 aromatic heterocycles. The van der Waals surface area contributed by atoms with Gasteiger partial charge in [0.05, 0.1) is 5.52 Å². The summed E-state index contributed by atoms with van der Waals surface area (Å²) in [5, 5.41) is 2.74. The zero-order valence-corrected chi connectivity index (χ0v) is 18.8. The molecule has 0 aromatic carbocycles. The maximum absolute atomic E-state index is 12.5. The third-order valence-corrected chi connectivity index (χ3v) is 6.44. The molecule has 0 saturated carbocycles. The summed E-state index contributed by atoms with van der Waals surface area (Å²) in [6.45, 7) is 6.80. The van der Waals surface area contributed by atoms with Crippen molar-refractivity contribution in [1.82, 2.24) is 29.8 Å². The topological polar surface area (TPSA) is 109 Å². The lowest BCUT2D eigenvalue weighted by molar-refractivity contribution is -0.109. The van der Waals surface area contributed by atoms with Crippen LogP contribution in [0.2, 0.25) is 0 Å². The molecular weight excluding hydrogens is 406 g/mol. The molecular formula is C23H31N7O2. The first-order chi connectivity index (χ1) is 15.5. The average molecular weight is 438 g/mol. The number of nitrogens with zero attached hydrogens (tertiary/aromatic N) is 5. The zero-order chi connectivity index (χ0) is 22.6. The Bertz CT molecular complexity index is 1110. The first-order valence-corrected chi connectivity index (χ1v) is 11.2. The maximum Gasteiger partial charge on any atom is 0.327 e. The van der Waals surface area contributed by atoms with Crippen molar-refractivity contribution < 1.29 is 4.79 Å². The lowest BCUT2D eigenvalue weighted by Gasteiger charge is -2.33. The summed E-state index contributed by atoms with van der Waals surface area (Å²) in [4.78, 5) is 41.3. The molecule has 0 radical (unpaired) electrons. The molecule has 170 valence electrons. The van der Waals surface area contributed by atoms with Crippen molar-refractivity contribution in [3.05, 3.63) is 46.9 Å². The number of nitrogens with one attached hydrogen (secondary N) is 2. The second kappa shape index (κ2) is 9.50. The van der Waals surface area contributed by atoms with Gasteiger partial charge in [0.2, 0.25) is 6.41 Å². The number of rotatable bonds is 9. The van der Waals surface area contributed by atoms with Gasteiger partial charge in [0, 0.05) is 43.6 Å². The maximum atomic E-state index is 12.5. The van der Waals surface area contributed by atoms with E-state index in [-0.39, 0.29) is 17.1 Å². The van der Waals surface area contributed by atoms with Crippen LogP contribution in [-0.4, -0.2) is 50.5 Å². The molecule has 1 fully saturated rings. The smallest absolute Gasteiger partial charge is 0.327 e. The second-order valence-electron chi connectivity index (χ2n) is 9.24. The highest BCUT2D eigenvalue weighted by atomic mass is 16.1. The van der Waals surface area contributed by atoms with Gasteiger partial charge in [0.1, 0.15) is 12.1 Å². The van der Waals surface area contributed by atoms with Crippen LogP contribution in [0.15, 0.2) is 35.5 Å². The van der Waals surface area contributed by atoms with Crippen LogP contribution < -0.4 is 15.9 Å². The lowest BCUT2D eigenvalue weighted by Crippen LogP contribution is -2.37. The van der Waals surface area contributed by atoms with E-state index >= 15 is 0 Å². The summed E-state index contributed by atoms with van der Waals surface area (Å²) in [5.74, 6) is 0.946. The number of piperidine rings is 1. The Hall–Kier alpha value is -3.23. The van der Waals surface area contributed by atoms with Gasteiger partial charge >= 0.3 is 5.69 Å². The number of carbonyl (C=O) groups is 1. The number of aromatic nitrogens is 5. The van der Waals surface area contributed by atoms with Crippen LogP contribution in [-0.2, 0) is 11.2 Å². The molecule has 0 atom stereocenters. The van der Waals surface area contributed by atoms with E-state index in [4.69, 9.17) is 0 Å². The first kappa shape index (κ1) is 22.0. The van der Waals surface area contributed by atoms with Crippen LogP contribution in [0.3, 0.4) is 0 Å². The number of aryl methyl sites for hydroxylation is 1. The van der Waals surface area contributed by atoms with Gasteiger partial charge < -0.3 is 10.2 Å². The van der Waals surface area contributed by atoms with Crippen molar-refractivity contribution in [1.29, 1.82) is 0 Å². The van der Waals surface area contributed by atoms with Crippen LogP contribution >= 0.6 is 0 Å². The van der Waals surface area contributed by atoms with E-state index in [1.807, 2.05) is 16.7 Å². The third-order valence-electron chi connectivity index (χ3n) is 6.44. The van der Waals surface area contributed by atoms with Gasteiger partial charge in [-0.3, -0.25) is 14.3 Å². The first-order valence-electron chi connectivity index (χ1n) is 11.2. The van der Waals surface area contributed by atoms with Crippen LogP contribution in [0.4, 0.5) is 5.82 Å². The van der Waals surface area contributed by atoms with E-state index in [2.05, 4.69) is 50.1 Å². The summed E-state index contributed by atoms with van der Waals surface area (Å²) in [6, 6.07) is 6.05. The van der Waals surface area contributed by atoms with Gasteiger partial charge in [-0.2, -0.15) is 0 Å². The molecule has 2 N–H and O–H groups in total. The van der Waals surface area contributed by atoms with Gasteiger partial charge in [-0.05, 0) is 49.7 Å². The van der Waals surface area contributed by atoms with Gasteiger partial charge in [0.15, 0.2) is 5.65 Å². The molecule has 1 amide bonds. The molecule has 0 unspecified atom stereocenters. The minimum absolute atomic E-state index is 0.0903. The number of imidazole rings is 1. The second-order valence-corrected chi connectivity index (χ2v) is 9.24. The lowest BCUT2D eigenvalue weighted by atomic mass is 9.84. The summed E-state index contributed by atoms with van der Waals surface area (Å²) in [6.07, 6.45) is 8.63. The van der Waals surface area contributed by atoms with E-state index in [0.29, 0.717) is 12.2 Å². The Balaban J connectivity index is 1.37. The average Bonchev–Trinajstić information content (AvgIpc) is 3.14. The number of H-pyrrole nitrogens is 1. The fourth-order valence-corrected chi connectivity index (χ4v) is 4.43. The number of fused-ring (bicyclic) bond motifs is 1. The Kier molecular flexibility index (Phi) is 6.53. The van der Waals surface area contributed by atoms with Crippen LogP contribution in [0, 0.1) is 5.41 Å².